The van der Waals surface area contributed by atoms with Gasteiger partial charge in [-0.3, -0.25) is 9.59 Å². The fraction of sp³-hybridized carbons (Fsp3) is 0.278. The van der Waals surface area contributed by atoms with Gasteiger partial charge in [0.05, 0.1) is 11.9 Å². The van der Waals surface area contributed by atoms with Crippen LogP contribution in [0.25, 0.3) is 0 Å². The molecule has 1 aromatic heterocycles. The first kappa shape index (κ1) is 18.8. The minimum Gasteiger partial charge on any atom is -0.454 e. The summed E-state index contributed by atoms with van der Waals surface area (Å²) in [5.74, 6) is 1.11. The summed E-state index contributed by atoms with van der Waals surface area (Å²) in [6, 6.07) is 7.82. The van der Waals surface area contributed by atoms with Crippen LogP contribution in [0.2, 0.25) is 0 Å². The Morgan fingerprint density at radius 3 is 2.78 bits per heavy atom. The zero-order valence-corrected chi connectivity index (χ0v) is 15.2. The van der Waals surface area contributed by atoms with Crippen molar-refractivity contribution in [1.82, 2.24) is 9.88 Å². The zero-order chi connectivity index (χ0) is 18.1. The Balaban J connectivity index is 0.00000210. The van der Waals surface area contributed by atoms with Crippen LogP contribution in [0.4, 0.5) is 11.5 Å². The van der Waals surface area contributed by atoms with Crippen LogP contribution in [0.3, 0.4) is 0 Å². The number of carbonyl (C=O) groups excluding carboxylic acids is 2. The lowest BCUT2D eigenvalue weighted by atomic mass is 10.1. The average molecular weight is 391 g/mol. The fourth-order valence-electron chi connectivity index (χ4n) is 3.18. The number of hydrogen-bond donors (Lipinski definition) is 2. The van der Waals surface area contributed by atoms with Crippen molar-refractivity contribution >= 4 is 35.7 Å². The van der Waals surface area contributed by atoms with Crippen molar-refractivity contribution in [1.29, 1.82) is 0 Å². The number of ether oxygens (including phenoxy) is 2. The Kier molecular flexibility index (Phi) is 5.36. The van der Waals surface area contributed by atoms with Gasteiger partial charge in [0, 0.05) is 12.1 Å². The SMILES string of the molecule is Cl.Nc1ccc(NC(=O)C2CCCN2C(=O)c2ccc3c(c2)OCO3)cn1. The predicted molar refractivity (Wildman–Crippen MR) is 101 cm³/mol. The smallest absolute Gasteiger partial charge is 0.254 e. The van der Waals surface area contributed by atoms with Crippen molar-refractivity contribution in [2.75, 3.05) is 24.4 Å². The number of nitrogens with zero attached hydrogens (tertiary/aromatic N) is 2. The average Bonchev–Trinajstić information content (AvgIpc) is 3.31. The number of halogens is 1. The van der Waals surface area contributed by atoms with Crippen LogP contribution >= 0.6 is 12.4 Å². The molecule has 0 spiro atoms. The Labute approximate surface area is 162 Å². The maximum Gasteiger partial charge on any atom is 0.254 e. The van der Waals surface area contributed by atoms with Gasteiger partial charge in [0.1, 0.15) is 11.9 Å². The summed E-state index contributed by atoms with van der Waals surface area (Å²) < 4.78 is 10.6. The van der Waals surface area contributed by atoms with E-state index in [1.54, 1.807) is 35.2 Å². The third-order valence-corrected chi connectivity index (χ3v) is 4.49. The molecule has 142 valence electrons. The highest BCUT2D eigenvalue weighted by Crippen LogP contribution is 2.33. The number of anilines is 2. The molecule has 27 heavy (non-hydrogen) atoms. The Bertz CT molecular complexity index is 859. The van der Waals surface area contributed by atoms with E-state index in [1.807, 2.05) is 0 Å². The van der Waals surface area contributed by atoms with Crippen LogP contribution in [-0.2, 0) is 4.79 Å². The monoisotopic (exact) mass is 390 g/mol. The summed E-state index contributed by atoms with van der Waals surface area (Å²) >= 11 is 0. The van der Waals surface area contributed by atoms with Crippen molar-refractivity contribution in [3.05, 3.63) is 42.1 Å². The highest BCUT2D eigenvalue weighted by Gasteiger charge is 2.35. The van der Waals surface area contributed by atoms with Gasteiger partial charge in [-0.1, -0.05) is 0 Å². The molecule has 1 atom stereocenters. The molecular formula is C18H19ClN4O4. The number of rotatable bonds is 3. The van der Waals surface area contributed by atoms with Crippen LogP contribution in [0, 0.1) is 0 Å². The van der Waals surface area contributed by atoms with Crippen LogP contribution in [0.15, 0.2) is 36.5 Å². The summed E-state index contributed by atoms with van der Waals surface area (Å²) in [7, 11) is 0. The second kappa shape index (κ2) is 7.71. The van der Waals surface area contributed by atoms with E-state index in [-0.39, 0.29) is 31.0 Å². The van der Waals surface area contributed by atoms with Crippen molar-refractivity contribution in [3.63, 3.8) is 0 Å². The molecular weight excluding hydrogens is 372 g/mol. The highest BCUT2D eigenvalue weighted by molar-refractivity contribution is 6.01. The molecule has 9 heteroatoms. The van der Waals surface area contributed by atoms with Gasteiger partial charge >= 0.3 is 0 Å². The molecule has 2 aliphatic rings. The molecule has 1 saturated heterocycles. The molecule has 3 heterocycles. The standard InChI is InChI=1S/C18H18N4O4.ClH/c19-16-6-4-12(9-20-16)21-17(23)13-2-1-7-22(13)18(24)11-3-5-14-15(8-11)26-10-25-14;/h3-6,8-9,13H,1-2,7,10H2,(H2,19,20)(H,21,23);1H. The Morgan fingerprint density at radius 1 is 1.19 bits per heavy atom. The number of fused-ring (bicyclic) bond motifs is 1. The van der Waals surface area contributed by atoms with E-state index in [4.69, 9.17) is 15.2 Å². The van der Waals surface area contributed by atoms with Crippen molar-refractivity contribution in [2.45, 2.75) is 18.9 Å². The molecule has 0 aliphatic carbocycles. The molecule has 8 nitrogen and oxygen atoms in total. The lowest BCUT2D eigenvalue weighted by molar-refractivity contribution is -0.119. The molecule has 0 saturated carbocycles. The lowest BCUT2D eigenvalue weighted by Crippen LogP contribution is -2.43. The number of benzene rings is 1. The van der Waals surface area contributed by atoms with Crippen molar-refractivity contribution < 1.29 is 19.1 Å². The van der Waals surface area contributed by atoms with E-state index in [0.29, 0.717) is 41.5 Å². The van der Waals surface area contributed by atoms with E-state index in [9.17, 15) is 9.59 Å². The van der Waals surface area contributed by atoms with Crippen molar-refractivity contribution in [3.8, 4) is 11.5 Å². The third kappa shape index (κ3) is 3.75. The molecule has 2 amide bonds. The van der Waals surface area contributed by atoms with E-state index in [1.165, 1.54) is 6.20 Å². The number of likely N-dealkylation sites (tertiary alicyclic amines) is 1. The maximum atomic E-state index is 12.9. The molecule has 2 aromatic rings. The van der Waals surface area contributed by atoms with Gasteiger partial charge in [0.15, 0.2) is 11.5 Å². The largest absolute Gasteiger partial charge is 0.454 e. The number of aromatic nitrogens is 1. The fourth-order valence-corrected chi connectivity index (χ4v) is 3.18. The first-order chi connectivity index (χ1) is 12.6. The van der Waals surface area contributed by atoms with Gasteiger partial charge in [-0.05, 0) is 43.2 Å². The quantitative estimate of drug-likeness (QED) is 0.830. The highest BCUT2D eigenvalue weighted by atomic mass is 35.5. The van der Waals surface area contributed by atoms with Gasteiger partial charge < -0.3 is 25.4 Å². The summed E-state index contributed by atoms with van der Waals surface area (Å²) in [4.78, 5) is 31.0. The van der Waals surface area contributed by atoms with Crippen LogP contribution < -0.4 is 20.5 Å². The summed E-state index contributed by atoms with van der Waals surface area (Å²) in [5, 5.41) is 2.79. The predicted octanol–water partition coefficient (Wildman–Crippen LogP) is 2.06. The lowest BCUT2D eigenvalue weighted by Gasteiger charge is -2.24. The molecule has 2 aliphatic heterocycles. The number of nitrogens with one attached hydrogen (secondary N) is 1. The number of hydrogen-bond acceptors (Lipinski definition) is 6. The molecule has 0 radical (unpaired) electrons. The minimum atomic E-state index is -0.523. The summed E-state index contributed by atoms with van der Waals surface area (Å²) in [6.45, 7) is 0.683. The van der Waals surface area contributed by atoms with Crippen LogP contribution in [-0.4, -0.2) is 41.1 Å². The number of carbonyl (C=O) groups is 2. The molecule has 3 N–H and O–H groups in total. The number of nitrogen functional groups attached to an aromatic ring is 1. The maximum absolute atomic E-state index is 12.9. The summed E-state index contributed by atoms with van der Waals surface area (Å²) in [5.41, 5.74) is 6.57. The Hall–Kier alpha value is -3.00. The van der Waals surface area contributed by atoms with Crippen LogP contribution in [0.5, 0.6) is 11.5 Å². The summed E-state index contributed by atoms with van der Waals surface area (Å²) in [6.07, 6.45) is 2.88. The molecule has 1 aromatic carbocycles. The van der Waals surface area contributed by atoms with Gasteiger partial charge in [0.25, 0.3) is 5.91 Å². The molecule has 0 bridgehead atoms. The van der Waals surface area contributed by atoms with Gasteiger partial charge in [-0.25, -0.2) is 4.98 Å². The molecule has 1 fully saturated rings. The van der Waals surface area contributed by atoms with E-state index in [0.717, 1.165) is 6.42 Å². The molecule has 4 rings (SSSR count). The topological polar surface area (TPSA) is 107 Å². The number of nitrogens with two attached hydrogens (primary N) is 1. The number of amides is 2. The Morgan fingerprint density at radius 2 is 2.00 bits per heavy atom. The van der Waals surface area contributed by atoms with Gasteiger partial charge in [-0.15, -0.1) is 12.4 Å². The second-order valence-electron chi connectivity index (χ2n) is 6.19. The third-order valence-electron chi connectivity index (χ3n) is 4.49. The second-order valence-corrected chi connectivity index (χ2v) is 6.19. The number of pyridine rings is 1. The van der Waals surface area contributed by atoms with Gasteiger partial charge in [0.2, 0.25) is 12.7 Å². The normalized spacial score (nSPS) is 17.3. The first-order valence-corrected chi connectivity index (χ1v) is 8.35. The van der Waals surface area contributed by atoms with E-state index >= 15 is 0 Å². The van der Waals surface area contributed by atoms with E-state index < -0.39 is 6.04 Å². The minimum absolute atomic E-state index is 0. The van der Waals surface area contributed by atoms with Crippen LogP contribution in [0.1, 0.15) is 23.2 Å². The molecule has 1 unspecified atom stereocenters. The zero-order valence-electron chi connectivity index (χ0n) is 14.4. The van der Waals surface area contributed by atoms with Crippen molar-refractivity contribution in [2.24, 2.45) is 0 Å². The van der Waals surface area contributed by atoms with E-state index in [2.05, 4.69) is 10.3 Å². The first-order valence-electron chi connectivity index (χ1n) is 8.35. The van der Waals surface area contributed by atoms with Gasteiger partial charge in [-0.2, -0.15) is 0 Å².